The Bertz CT molecular complexity index is 1270. The highest BCUT2D eigenvalue weighted by molar-refractivity contribution is 5.94. The summed E-state index contributed by atoms with van der Waals surface area (Å²) in [5.74, 6) is 0.202. The van der Waals surface area contributed by atoms with Crippen molar-refractivity contribution < 1.29 is 4.79 Å². The van der Waals surface area contributed by atoms with E-state index in [1.807, 2.05) is 44.3 Å². The number of benzene rings is 1. The van der Waals surface area contributed by atoms with Gasteiger partial charge in [0.1, 0.15) is 5.82 Å². The smallest absolute Gasteiger partial charge is 0.272 e. The molecule has 0 saturated carbocycles. The number of hydrogen-bond acceptors (Lipinski definition) is 4. The third-order valence-corrected chi connectivity index (χ3v) is 5.32. The lowest BCUT2D eigenvalue weighted by Crippen LogP contribution is -2.32. The number of amides is 1. The van der Waals surface area contributed by atoms with Crippen molar-refractivity contribution in [2.75, 3.05) is 0 Å². The number of nitrogens with one attached hydrogen (secondary N) is 4. The van der Waals surface area contributed by atoms with Gasteiger partial charge in [-0.2, -0.15) is 5.10 Å². The average molecular weight is 404 g/mol. The Kier molecular flexibility index (Phi) is 5.22. The lowest BCUT2D eigenvalue weighted by molar-refractivity contribution is 0.0930. The molecular formula is C22H24N6O2. The second-order valence-corrected chi connectivity index (χ2v) is 7.37. The van der Waals surface area contributed by atoms with Gasteiger partial charge in [0.15, 0.2) is 5.69 Å². The Morgan fingerprint density at radius 2 is 2.03 bits per heavy atom. The van der Waals surface area contributed by atoms with Crippen LogP contribution >= 0.6 is 0 Å². The number of fused-ring (bicyclic) bond motifs is 1. The van der Waals surface area contributed by atoms with Gasteiger partial charge >= 0.3 is 0 Å². The van der Waals surface area contributed by atoms with Gasteiger partial charge in [0.2, 0.25) is 0 Å². The lowest BCUT2D eigenvalue weighted by atomic mass is 10.0. The van der Waals surface area contributed by atoms with Crippen molar-refractivity contribution in [1.29, 1.82) is 0 Å². The van der Waals surface area contributed by atoms with Gasteiger partial charge in [-0.1, -0.05) is 25.1 Å². The molecule has 0 aliphatic carbocycles. The molecule has 0 bridgehead atoms. The molecule has 0 aliphatic rings. The van der Waals surface area contributed by atoms with Crippen molar-refractivity contribution in [2.45, 2.75) is 39.7 Å². The standard InChI is InChI=1S/C22H24N6O2/c1-4-16-12(2)21(28-27-16)22(30)26-18(19-10-20(29)25-13(3)24-19)9-14-11-23-17-8-6-5-7-15(14)17/h5-8,10-11,18,23H,4,9H2,1-3H3,(H,26,30)(H,27,28)(H,24,25,29)/t18-/m0/s1. The fraction of sp³-hybridized carbons (Fsp3) is 0.273. The summed E-state index contributed by atoms with van der Waals surface area (Å²) in [7, 11) is 0. The number of rotatable bonds is 6. The van der Waals surface area contributed by atoms with E-state index in [-0.39, 0.29) is 11.5 Å². The van der Waals surface area contributed by atoms with Crippen LogP contribution in [-0.4, -0.2) is 31.1 Å². The van der Waals surface area contributed by atoms with Gasteiger partial charge in [-0.15, -0.1) is 0 Å². The van der Waals surface area contributed by atoms with Gasteiger partial charge < -0.3 is 15.3 Å². The highest BCUT2D eigenvalue weighted by Gasteiger charge is 2.23. The van der Waals surface area contributed by atoms with Crippen molar-refractivity contribution in [2.24, 2.45) is 0 Å². The molecule has 0 radical (unpaired) electrons. The topological polar surface area (TPSA) is 119 Å². The van der Waals surface area contributed by atoms with Crippen LogP contribution < -0.4 is 10.9 Å². The summed E-state index contributed by atoms with van der Waals surface area (Å²) in [6.07, 6.45) is 3.17. The molecule has 0 spiro atoms. The molecule has 4 rings (SSSR count). The van der Waals surface area contributed by atoms with E-state index in [4.69, 9.17) is 0 Å². The number of carbonyl (C=O) groups excluding carboxylic acids is 1. The van der Waals surface area contributed by atoms with Crippen molar-refractivity contribution in [3.05, 3.63) is 80.9 Å². The number of aromatic nitrogens is 5. The average Bonchev–Trinajstić information content (AvgIpc) is 3.30. The molecule has 1 amide bonds. The van der Waals surface area contributed by atoms with Crippen LogP contribution in [0.3, 0.4) is 0 Å². The van der Waals surface area contributed by atoms with Gasteiger partial charge in [0, 0.05) is 40.8 Å². The molecule has 30 heavy (non-hydrogen) atoms. The molecule has 1 aromatic carbocycles. The first-order valence-corrected chi connectivity index (χ1v) is 9.93. The maximum Gasteiger partial charge on any atom is 0.272 e. The monoisotopic (exact) mass is 404 g/mol. The number of hydrogen-bond donors (Lipinski definition) is 4. The van der Waals surface area contributed by atoms with Crippen LogP contribution in [0, 0.1) is 13.8 Å². The largest absolute Gasteiger partial charge is 0.361 e. The van der Waals surface area contributed by atoms with Crippen LogP contribution in [0.2, 0.25) is 0 Å². The van der Waals surface area contributed by atoms with E-state index in [0.717, 1.165) is 34.1 Å². The fourth-order valence-corrected chi connectivity index (χ4v) is 3.76. The summed E-state index contributed by atoms with van der Waals surface area (Å²) in [6, 6.07) is 8.92. The molecule has 0 fully saturated rings. The van der Waals surface area contributed by atoms with E-state index in [1.54, 1.807) is 6.92 Å². The maximum absolute atomic E-state index is 13.0. The molecule has 0 saturated heterocycles. The second kappa shape index (κ2) is 7.98. The van der Waals surface area contributed by atoms with E-state index in [0.29, 0.717) is 23.6 Å². The Morgan fingerprint density at radius 3 is 2.77 bits per heavy atom. The van der Waals surface area contributed by atoms with Crippen LogP contribution in [0.5, 0.6) is 0 Å². The Labute approximate surface area is 173 Å². The van der Waals surface area contributed by atoms with Crippen molar-refractivity contribution >= 4 is 16.8 Å². The molecule has 8 heteroatoms. The summed E-state index contributed by atoms with van der Waals surface area (Å²) in [5, 5.41) is 11.2. The molecule has 8 nitrogen and oxygen atoms in total. The third-order valence-electron chi connectivity index (χ3n) is 5.32. The van der Waals surface area contributed by atoms with E-state index < -0.39 is 6.04 Å². The molecule has 3 heterocycles. The molecule has 4 N–H and O–H groups in total. The van der Waals surface area contributed by atoms with Crippen LogP contribution in [0.15, 0.2) is 41.3 Å². The first kappa shape index (κ1) is 19.6. The van der Waals surface area contributed by atoms with Gasteiger partial charge in [-0.05, 0) is 31.9 Å². The number of H-pyrrole nitrogens is 3. The summed E-state index contributed by atoms with van der Waals surface area (Å²) in [5.41, 5.74) is 4.43. The minimum absolute atomic E-state index is 0.250. The lowest BCUT2D eigenvalue weighted by Gasteiger charge is -2.18. The molecule has 3 aromatic heterocycles. The molecule has 0 unspecified atom stereocenters. The number of para-hydroxylation sites is 1. The SMILES string of the molecule is CCc1[nH]nc(C(=O)N[C@@H](Cc2c[nH]c3ccccc23)c2cc(=O)[nH]c(C)n2)c1C. The van der Waals surface area contributed by atoms with E-state index in [9.17, 15) is 9.59 Å². The highest BCUT2D eigenvalue weighted by atomic mass is 16.2. The van der Waals surface area contributed by atoms with Crippen LogP contribution in [-0.2, 0) is 12.8 Å². The number of carbonyl (C=O) groups is 1. The first-order valence-electron chi connectivity index (χ1n) is 9.93. The number of nitrogens with zero attached hydrogens (tertiary/aromatic N) is 2. The van der Waals surface area contributed by atoms with E-state index in [2.05, 4.69) is 30.5 Å². The minimum Gasteiger partial charge on any atom is -0.361 e. The summed E-state index contributed by atoms with van der Waals surface area (Å²) in [4.78, 5) is 35.5. The van der Waals surface area contributed by atoms with Crippen molar-refractivity contribution in [1.82, 2.24) is 30.5 Å². The van der Waals surface area contributed by atoms with Crippen LogP contribution in [0.25, 0.3) is 10.9 Å². The van der Waals surface area contributed by atoms with Gasteiger partial charge in [0.05, 0.1) is 11.7 Å². The second-order valence-electron chi connectivity index (χ2n) is 7.37. The third kappa shape index (κ3) is 3.76. The van der Waals surface area contributed by atoms with Crippen LogP contribution in [0.1, 0.15) is 51.8 Å². The molecule has 0 aliphatic heterocycles. The number of aromatic amines is 3. The zero-order chi connectivity index (χ0) is 21.3. The predicted octanol–water partition coefficient (Wildman–Crippen LogP) is 2.87. The van der Waals surface area contributed by atoms with Crippen LogP contribution in [0.4, 0.5) is 0 Å². The van der Waals surface area contributed by atoms with Crippen molar-refractivity contribution in [3.63, 3.8) is 0 Å². The zero-order valence-electron chi connectivity index (χ0n) is 17.2. The molecule has 154 valence electrons. The highest BCUT2D eigenvalue weighted by Crippen LogP contribution is 2.24. The maximum atomic E-state index is 13.0. The summed E-state index contributed by atoms with van der Waals surface area (Å²) < 4.78 is 0. The fourth-order valence-electron chi connectivity index (χ4n) is 3.76. The Hall–Kier alpha value is -3.68. The summed E-state index contributed by atoms with van der Waals surface area (Å²) in [6.45, 7) is 5.60. The van der Waals surface area contributed by atoms with Gasteiger partial charge in [0.25, 0.3) is 11.5 Å². The molecule has 1 atom stereocenters. The molecule has 4 aromatic rings. The minimum atomic E-state index is -0.487. The molecular weight excluding hydrogens is 380 g/mol. The first-order chi connectivity index (χ1) is 14.5. The zero-order valence-corrected chi connectivity index (χ0v) is 17.2. The van der Waals surface area contributed by atoms with E-state index in [1.165, 1.54) is 6.07 Å². The Morgan fingerprint density at radius 1 is 1.23 bits per heavy atom. The number of aryl methyl sites for hydroxylation is 2. The summed E-state index contributed by atoms with van der Waals surface area (Å²) >= 11 is 0. The quantitative estimate of drug-likeness (QED) is 0.395. The van der Waals surface area contributed by atoms with Gasteiger partial charge in [-0.25, -0.2) is 4.98 Å². The Balaban J connectivity index is 1.70. The van der Waals surface area contributed by atoms with E-state index >= 15 is 0 Å². The predicted molar refractivity (Wildman–Crippen MR) is 115 cm³/mol. The normalized spacial score (nSPS) is 12.2. The van der Waals surface area contributed by atoms with Crippen molar-refractivity contribution in [3.8, 4) is 0 Å². The van der Waals surface area contributed by atoms with Gasteiger partial charge in [-0.3, -0.25) is 14.7 Å².